The maximum absolute atomic E-state index is 9.30. The normalized spacial score (nSPS) is 12.3. The maximum atomic E-state index is 9.30. The standard InChI is InChI=1S/C16H19NO/c1-2-17-16(14-6-4-3-5-7-14)12-13-8-10-15(18)11-9-13/h3-11,16-18H,2,12H2,1H3. The second-order valence-corrected chi connectivity index (χ2v) is 4.39. The molecule has 94 valence electrons. The lowest BCUT2D eigenvalue weighted by molar-refractivity contribution is 0.474. The molecule has 2 nitrogen and oxygen atoms in total. The molecule has 2 N–H and O–H groups in total. The van der Waals surface area contributed by atoms with Gasteiger partial charge in [0, 0.05) is 6.04 Å². The van der Waals surface area contributed by atoms with Gasteiger partial charge in [0.1, 0.15) is 5.75 Å². The number of hydrogen-bond acceptors (Lipinski definition) is 2. The van der Waals surface area contributed by atoms with Crippen molar-refractivity contribution < 1.29 is 5.11 Å². The molecule has 0 aromatic heterocycles. The summed E-state index contributed by atoms with van der Waals surface area (Å²) in [4.78, 5) is 0. The minimum atomic E-state index is 0.318. The molecule has 0 aliphatic carbocycles. The van der Waals surface area contributed by atoms with Crippen molar-refractivity contribution in [3.05, 3.63) is 65.7 Å². The van der Waals surface area contributed by atoms with Crippen molar-refractivity contribution >= 4 is 0 Å². The quantitative estimate of drug-likeness (QED) is 0.842. The van der Waals surface area contributed by atoms with Gasteiger partial charge >= 0.3 is 0 Å². The Kier molecular flexibility index (Phi) is 4.37. The third-order valence-electron chi connectivity index (χ3n) is 3.03. The topological polar surface area (TPSA) is 32.3 Å². The fourth-order valence-electron chi connectivity index (χ4n) is 2.11. The van der Waals surface area contributed by atoms with Gasteiger partial charge in [-0.3, -0.25) is 0 Å². The van der Waals surface area contributed by atoms with Crippen molar-refractivity contribution in [1.82, 2.24) is 5.32 Å². The smallest absolute Gasteiger partial charge is 0.115 e. The Morgan fingerprint density at radius 2 is 1.67 bits per heavy atom. The van der Waals surface area contributed by atoms with E-state index < -0.39 is 0 Å². The Balaban J connectivity index is 2.14. The van der Waals surface area contributed by atoms with Crippen LogP contribution in [0.1, 0.15) is 24.1 Å². The summed E-state index contributed by atoms with van der Waals surface area (Å²) in [5, 5.41) is 12.8. The van der Waals surface area contributed by atoms with Crippen molar-refractivity contribution in [2.45, 2.75) is 19.4 Å². The zero-order valence-electron chi connectivity index (χ0n) is 10.6. The van der Waals surface area contributed by atoms with E-state index in [0.29, 0.717) is 11.8 Å². The van der Waals surface area contributed by atoms with Crippen molar-refractivity contribution in [3.8, 4) is 5.75 Å². The first-order valence-corrected chi connectivity index (χ1v) is 6.36. The maximum Gasteiger partial charge on any atom is 0.115 e. The van der Waals surface area contributed by atoms with Gasteiger partial charge in [0.25, 0.3) is 0 Å². The predicted octanol–water partition coefficient (Wildman–Crippen LogP) is 3.29. The summed E-state index contributed by atoms with van der Waals surface area (Å²) in [5.41, 5.74) is 2.52. The van der Waals surface area contributed by atoms with Crippen molar-refractivity contribution in [1.29, 1.82) is 0 Å². The number of benzene rings is 2. The molecular weight excluding hydrogens is 222 g/mol. The molecule has 0 fully saturated rings. The number of phenolic OH excluding ortho intramolecular Hbond substituents is 1. The lowest BCUT2D eigenvalue weighted by Crippen LogP contribution is -2.22. The van der Waals surface area contributed by atoms with Crippen LogP contribution in [-0.2, 0) is 6.42 Å². The van der Waals surface area contributed by atoms with Crippen LogP contribution in [0.4, 0.5) is 0 Å². The zero-order chi connectivity index (χ0) is 12.8. The summed E-state index contributed by atoms with van der Waals surface area (Å²) >= 11 is 0. The highest BCUT2D eigenvalue weighted by atomic mass is 16.3. The molecule has 0 aliphatic heterocycles. The molecule has 0 saturated heterocycles. The Bertz CT molecular complexity index is 464. The number of nitrogens with one attached hydrogen (secondary N) is 1. The third kappa shape index (κ3) is 3.34. The average Bonchev–Trinajstić information content (AvgIpc) is 2.42. The van der Waals surface area contributed by atoms with Gasteiger partial charge in [0.2, 0.25) is 0 Å². The Morgan fingerprint density at radius 1 is 1.00 bits per heavy atom. The third-order valence-corrected chi connectivity index (χ3v) is 3.03. The molecule has 0 heterocycles. The first kappa shape index (κ1) is 12.7. The van der Waals surface area contributed by atoms with E-state index in [0.717, 1.165) is 13.0 Å². The molecule has 0 radical (unpaired) electrons. The number of aromatic hydroxyl groups is 1. The van der Waals surface area contributed by atoms with E-state index in [4.69, 9.17) is 0 Å². The van der Waals surface area contributed by atoms with Gasteiger partial charge < -0.3 is 10.4 Å². The first-order valence-electron chi connectivity index (χ1n) is 6.36. The van der Waals surface area contributed by atoms with Crippen LogP contribution in [0.5, 0.6) is 5.75 Å². The van der Waals surface area contributed by atoms with E-state index >= 15 is 0 Å². The van der Waals surface area contributed by atoms with Crippen LogP contribution < -0.4 is 5.32 Å². The molecule has 1 unspecified atom stereocenters. The molecule has 2 rings (SSSR count). The molecular formula is C16H19NO. The van der Waals surface area contributed by atoms with Crippen molar-refractivity contribution in [2.75, 3.05) is 6.54 Å². The molecule has 0 aliphatic rings. The van der Waals surface area contributed by atoms with E-state index in [9.17, 15) is 5.11 Å². The Labute approximate surface area is 108 Å². The van der Waals surface area contributed by atoms with E-state index in [1.807, 2.05) is 18.2 Å². The van der Waals surface area contributed by atoms with Gasteiger partial charge in [-0.1, -0.05) is 49.4 Å². The van der Waals surface area contributed by atoms with Crippen LogP contribution >= 0.6 is 0 Å². The molecule has 0 bridgehead atoms. The second kappa shape index (κ2) is 6.22. The molecule has 18 heavy (non-hydrogen) atoms. The van der Waals surface area contributed by atoms with Gasteiger partial charge in [-0.05, 0) is 36.2 Å². The molecule has 1 atom stereocenters. The van der Waals surface area contributed by atoms with E-state index in [2.05, 4.69) is 36.5 Å². The van der Waals surface area contributed by atoms with Gasteiger partial charge in [0.15, 0.2) is 0 Å². The molecule has 2 aromatic rings. The fraction of sp³-hybridized carbons (Fsp3) is 0.250. The average molecular weight is 241 g/mol. The van der Waals surface area contributed by atoms with Crippen molar-refractivity contribution in [2.24, 2.45) is 0 Å². The summed E-state index contributed by atoms with van der Waals surface area (Å²) in [5.74, 6) is 0.318. The minimum absolute atomic E-state index is 0.318. The SMILES string of the molecule is CCNC(Cc1ccc(O)cc1)c1ccccc1. The first-order chi connectivity index (χ1) is 8.79. The highest BCUT2D eigenvalue weighted by Crippen LogP contribution is 2.19. The molecule has 0 saturated carbocycles. The number of hydrogen-bond donors (Lipinski definition) is 2. The molecule has 0 spiro atoms. The largest absolute Gasteiger partial charge is 0.508 e. The monoisotopic (exact) mass is 241 g/mol. The second-order valence-electron chi connectivity index (χ2n) is 4.39. The lowest BCUT2D eigenvalue weighted by atomic mass is 9.99. The summed E-state index contributed by atoms with van der Waals surface area (Å²) in [7, 11) is 0. The predicted molar refractivity (Wildman–Crippen MR) is 74.7 cm³/mol. The number of rotatable bonds is 5. The highest BCUT2D eigenvalue weighted by molar-refractivity contribution is 5.28. The zero-order valence-corrected chi connectivity index (χ0v) is 10.6. The van der Waals surface area contributed by atoms with Crippen LogP contribution in [0.15, 0.2) is 54.6 Å². The summed E-state index contributed by atoms with van der Waals surface area (Å²) < 4.78 is 0. The van der Waals surface area contributed by atoms with Crippen LogP contribution in [0.2, 0.25) is 0 Å². The van der Waals surface area contributed by atoms with Crippen LogP contribution in [0.25, 0.3) is 0 Å². The summed E-state index contributed by atoms with van der Waals surface area (Å²) in [6, 6.07) is 18.2. The van der Waals surface area contributed by atoms with E-state index in [1.54, 1.807) is 12.1 Å². The van der Waals surface area contributed by atoms with Crippen LogP contribution in [-0.4, -0.2) is 11.7 Å². The summed E-state index contributed by atoms with van der Waals surface area (Å²) in [6.07, 6.45) is 0.929. The van der Waals surface area contributed by atoms with Gasteiger partial charge in [-0.15, -0.1) is 0 Å². The molecule has 2 aromatic carbocycles. The van der Waals surface area contributed by atoms with Crippen molar-refractivity contribution in [3.63, 3.8) is 0 Å². The number of likely N-dealkylation sites (N-methyl/N-ethyl adjacent to an activating group) is 1. The van der Waals surface area contributed by atoms with Gasteiger partial charge in [-0.25, -0.2) is 0 Å². The Hall–Kier alpha value is -1.80. The van der Waals surface area contributed by atoms with E-state index in [-0.39, 0.29) is 0 Å². The fourth-order valence-corrected chi connectivity index (χ4v) is 2.11. The number of phenols is 1. The summed E-state index contributed by atoms with van der Waals surface area (Å²) in [6.45, 7) is 3.06. The van der Waals surface area contributed by atoms with Gasteiger partial charge in [0.05, 0.1) is 0 Å². The van der Waals surface area contributed by atoms with Crippen LogP contribution in [0, 0.1) is 0 Å². The van der Waals surface area contributed by atoms with Crippen LogP contribution in [0.3, 0.4) is 0 Å². The van der Waals surface area contributed by atoms with E-state index in [1.165, 1.54) is 11.1 Å². The Morgan fingerprint density at radius 3 is 2.28 bits per heavy atom. The minimum Gasteiger partial charge on any atom is -0.508 e. The lowest BCUT2D eigenvalue weighted by Gasteiger charge is -2.18. The van der Waals surface area contributed by atoms with Gasteiger partial charge in [-0.2, -0.15) is 0 Å². The molecule has 2 heteroatoms. The molecule has 0 amide bonds. The highest BCUT2D eigenvalue weighted by Gasteiger charge is 2.10.